The molecule has 0 fully saturated rings. The molecule has 0 radical (unpaired) electrons. The molecule has 6 heteroatoms. The zero-order valence-electron chi connectivity index (χ0n) is 5.36. The molecular weight excluding hydrogens is 154 g/mol. The third kappa shape index (κ3) is 2.53. The van der Waals surface area contributed by atoms with E-state index in [0.717, 1.165) is 0 Å². The van der Waals surface area contributed by atoms with Crippen LogP contribution in [0.4, 0.5) is 0 Å². The number of carbonyl (C=O) groups excluding carboxylic acids is 1. The Morgan fingerprint density at radius 2 is 2.20 bits per heavy atom. The maximum absolute atomic E-state index is 10.5. The van der Waals surface area contributed by atoms with Gasteiger partial charge in [0.25, 0.3) is 0 Å². The molecule has 0 aliphatic carbocycles. The average Bonchev–Trinajstić information content (AvgIpc) is 1.88. The van der Waals surface area contributed by atoms with Gasteiger partial charge in [0.15, 0.2) is 0 Å². The number of primary amides is 1. The first-order valence-corrected chi connectivity index (χ1v) is 3.52. The number of rotatable bonds is 4. The molecule has 1 amide bonds. The molecular formula is C4H11N3O2S. The summed E-state index contributed by atoms with van der Waals surface area (Å²) in [4.78, 5) is 10.5. The first-order valence-electron chi connectivity index (χ1n) is 2.68. The van der Waals surface area contributed by atoms with Crippen LogP contribution in [0.5, 0.6) is 0 Å². The van der Waals surface area contributed by atoms with Gasteiger partial charge in [0, 0.05) is 18.6 Å². The van der Waals surface area contributed by atoms with Crippen LogP contribution in [-0.2, 0) is 4.79 Å². The topological polar surface area (TPSA) is 115 Å². The summed E-state index contributed by atoms with van der Waals surface area (Å²) in [5.74, 6) is -1.24. The van der Waals surface area contributed by atoms with E-state index in [9.17, 15) is 4.79 Å². The van der Waals surface area contributed by atoms with Gasteiger partial charge < -0.3 is 21.8 Å². The van der Waals surface area contributed by atoms with Crippen molar-refractivity contribution in [3.05, 3.63) is 0 Å². The van der Waals surface area contributed by atoms with Crippen LogP contribution in [0.25, 0.3) is 0 Å². The van der Waals surface area contributed by atoms with Crippen LogP contribution in [0.3, 0.4) is 0 Å². The Bertz CT molecular complexity index is 121. The van der Waals surface area contributed by atoms with E-state index < -0.39 is 17.2 Å². The lowest BCUT2D eigenvalue weighted by atomic mass is 10.1. The SMILES string of the molecule is NCC(C(N)=O)C(N)SO. The fraction of sp³-hybridized carbons (Fsp3) is 0.750. The molecule has 0 aliphatic heterocycles. The van der Waals surface area contributed by atoms with Crippen LogP contribution in [0.15, 0.2) is 0 Å². The molecule has 0 aromatic heterocycles. The highest BCUT2D eigenvalue weighted by molar-refractivity contribution is 7.94. The Kier molecular flexibility index (Phi) is 4.37. The van der Waals surface area contributed by atoms with E-state index >= 15 is 0 Å². The van der Waals surface area contributed by atoms with E-state index in [1.54, 1.807) is 0 Å². The lowest BCUT2D eigenvalue weighted by molar-refractivity contribution is -0.121. The second kappa shape index (κ2) is 4.51. The summed E-state index contributed by atoms with van der Waals surface area (Å²) >= 11 is 0.383. The second-order valence-corrected chi connectivity index (χ2v) is 2.57. The van der Waals surface area contributed by atoms with Crippen molar-refractivity contribution in [2.24, 2.45) is 23.1 Å². The first-order chi connectivity index (χ1) is 4.63. The zero-order valence-corrected chi connectivity index (χ0v) is 6.17. The van der Waals surface area contributed by atoms with E-state index in [0.29, 0.717) is 12.0 Å². The van der Waals surface area contributed by atoms with Crippen molar-refractivity contribution in [2.75, 3.05) is 6.54 Å². The van der Waals surface area contributed by atoms with Crippen molar-refractivity contribution < 1.29 is 9.35 Å². The van der Waals surface area contributed by atoms with E-state index in [2.05, 4.69) is 0 Å². The summed E-state index contributed by atoms with van der Waals surface area (Å²) in [7, 11) is 0. The Hall–Kier alpha value is -0.300. The van der Waals surface area contributed by atoms with Crippen molar-refractivity contribution in [3.63, 3.8) is 0 Å². The third-order valence-corrected chi connectivity index (χ3v) is 1.71. The van der Waals surface area contributed by atoms with Crippen molar-refractivity contribution in [2.45, 2.75) is 5.37 Å². The van der Waals surface area contributed by atoms with E-state index in [1.165, 1.54) is 0 Å². The summed E-state index contributed by atoms with van der Waals surface area (Å²) < 4.78 is 8.41. The highest BCUT2D eigenvalue weighted by Crippen LogP contribution is 2.09. The lowest BCUT2D eigenvalue weighted by Gasteiger charge is -2.14. The van der Waals surface area contributed by atoms with Gasteiger partial charge in [0.05, 0.1) is 11.3 Å². The van der Waals surface area contributed by atoms with Crippen LogP contribution >= 0.6 is 12.0 Å². The normalized spacial score (nSPS) is 16.3. The quantitative estimate of drug-likeness (QED) is 0.300. The Labute approximate surface area is 63.1 Å². The van der Waals surface area contributed by atoms with Gasteiger partial charge in [0.2, 0.25) is 5.91 Å². The number of carbonyl (C=O) groups is 1. The monoisotopic (exact) mass is 165 g/mol. The van der Waals surface area contributed by atoms with Crippen molar-refractivity contribution in [1.29, 1.82) is 0 Å². The average molecular weight is 165 g/mol. The van der Waals surface area contributed by atoms with E-state index in [4.69, 9.17) is 21.8 Å². The summed E-state index contributed by atoms with van der Waals surface area (Å²) in [5, 5.41) is -0.720. The molecule has 5 nitrogen and oxygen atoms in total. The summed E-state index contributed by atoms with van der Waals surface area (Å²) in [5.41, 5.74) is 15.3. The molecule has 2 unspecified atom stereocenters. The predicted molar refractivity (Wildman–Crippen MR) is 39.9 cm³/mol. The van der Waals surface area contributed by atoms with Crippen LogP contribution in [-0.4, -0.2) is 22.4 Å². The molecule has 2 atom stereocenters. The van der Waals surface area contributed by atoms with Crippen LogP contribution in [0.1, 0.15) is 0 Å². The van der Waals surface area contributed by atoms with Gasteiger partial charge in [-0.15, -0.1) is 0 Å². The van der Waals surface area contributed by atoms with Gasteiger partial charge in [-0.3, -0.25) is 4.79 Å². The molecule has 0 saturated heterocycles. The van der Waals surface area contributed by atoms with Crippen LogP contribution < -0.4 is 17.2 Å². The predicted octanol–water partition coefficient (Wildman–Crippen LogP) is -1.46. The molecule has 0 rings (SSSR count). The third-order valence-electron chi connectivity index (χ3n) is 1.14. The molecule has 0 aromatic carbocycles. The minimum absolute atomic E-state index is 0.0596. The maximum Gasteiger partial charge on any atom is 0.224 e. The van der Waals surface area contributed by atoms with Crippen molar-refractivity contribution in [1.82, 2.24) is 0 Å². The standard InChI is InChI=1S/C4H11N3O2S/c5-1-2(3(6)8)4(7)10-9/h2,4,9H,1,5,7H2,(H2,6,8). The largest absolute Gasteiger partial charge is 0.369 e. The van der Waals surface area contributed by atoms with Crippen molar-refractivity contribution in [3.8, 4) is 0 Å². The Morgan fingerprint density at radius 3 is 2.30 bits per heavy atom. The zero-order chi connectivity index (χ0) is 8.15. The molecule has 10 heavy (non-hydrogen) atoms. The summed E-state index contributed by atoms with van der Waals surface area (Å²) in [6.45, 7) is 0.0596. The number of nitrogens with two attached hydrogens (primary N) is 3. The maximum atomic E-state index is 10.5. The fourth-order valence-corrected chi connectivity index (χ4v) is 0.878. The van der Waals surface area contributed by atoms with Gasteiger partial charge in [-0.1, -0.05) is 0 Å². The van der Waals surface area contributed by atoms with Crippen molar-refractivity contribution >= 4 is 17.9 Å². The molecule has 60 valence electrons. The smallest absolute Gasteiger partial charge is 0.224 e. The second-order valence-electron chi connectivity index (χ2n) is 1.81. The van der Waals surface area contributed by atoms with Crippen LogP contribution in [0.2, 0.25) is 0 Å². The number of amides is 1. The Morgan fingerprint density at radius 1 is 1.70 bits per heavy atom. The molecule has 0 aromatic rings. The molecule has 0 bridgehead atoms. The highest BCUT2D eigenvalue weighted by atomic mass is 32.2. The van der Waals surface area contributed by atoms with Gasteiger partial charge >= 0.3 is 0 Å². The summed E-state index contributed by atoms with van der Waals surface area (Å²) in [6, 6.07) is 0. The molecule has 0 aliphatic rings. The highest BCUT2D eigenvalue weighted by Gasteiger charge is 2.21. The molecule has 0 spiro atoms. The first kappa shape index (κ1) is 9.70. The van der Waals surface area contributed by atoms with E-state index in [1.807, 2.05) is 0 Å². The van der Waals surface area contributed by atoms with Gasteiger partial charge in [-0.05, 0) is 0 Å². The fourth-order valence-electron chi connectivity index (χ4n) is 0.486. The molecule has 0 saturated carbocycles. The molecule has 7 N–H and O–H groups in total. The lowest BCUT2D eigenvalue weighted by Crippen LogP contribution is -2.41. The van der Waals surface area contributed by atoms with Crippen LogP contribution in [0, 0.1) is 5.92 Å². The number of hydrogen-bond acceptors (Lipinski definition) is 5. The van der Waals surface area contributed by atoms with Gasteiger partial charge in [0.1, 0.15) is 0 Å². The molecule has 0 heterocycles. The minimum atomic E-state index is -0.720. The Balaban J connectivity index is 3.92. The van der Waals surface area contributed by atoms with E-state index in [-0.39, 0.29) is 6.54 Å². The van der Waals surface area contributed by atoms with Gasteiger partial charge in [-0.2, -0.15) is 0 Å². The summed E-state index contributed by atoms with van der Waals surface area (Å²) in [6.07, 6.45) is 0. The number of hydrogen-bond donors (Lipinski definition) is 4. The minimum Gasteiger partial charge on any atom is -0.369 e. The van der Waals surface area contributed by atoms with Gasteiger partial charge in [-0.25, -0.2) is 0 Å².